The minimum atomic E-state index is 0.0685. The number of carbonyl (C=O) groups is 1. The molecule has 2 amide bonds. The number of nitrogens with one attached hydrogen (secondary N) is 1. The molecule has 116 valence electrons. The molecule has 0 aromatic rings. The molecule has 3 nitrogen and oxygen atoms in total. The molecular formula is C17H32N2O. The highest BCUT2D eigenvalue weighted by atomic mass is 16.2. The number of carbonyl (C=O) groups excluding carboxylic acids is 1. The molecule has 0 bridgehead atoms. The molecule has 3 heteroatoms. The molecule has 1 aliphatic carbocycles. The molecule has 0 saturated heterocycles. The van der Waals surface area contributed by atoms with Gasteiger partial charge in [0.1, 0.15) is 0 Å². The Morgan fingerprint density at radius 3 is 2.25 bits per heavy atom. The molecule has 1 saturated carbocycles. The molecule has 1 N–H and O–H groups in total. The first-order chi connectivity index (χ1) is 9.77. The van der Waals surface area contributed by atoms with Crippen molar-refractivity contribution in [1.29, 1.82) is 0 Å². The van der Waals surface area contributed by atoms with Crippen LogP contribution in [0.15, 0.2) is 12.3 Å². The summed E-state index contributed by atoms with van der Waals surface area (Å²) in [4.78, 5) is 14.1. The van der Waals surface area contributed by atoms with Gasteiger partial charge in [0.2, 0.25) is 0 Å². The van der Waals surface area contributed by atoms with Crippen molar-refractivity contribution < 1.29 is 4.79 Å². The molecule has 0 spiro atoms. The fourth-order valence-electron chi connectivity index (χ4n) is 2.69. The number of nitrogens with zero attached hydrogens (tertiary/aromatic N) is 1. The van der Waals surface area contributed by atoms with Crippen molar-refractivity contribution in [3.63, 3.8) is 0 Å². The fraction of sp³-hybridized carbons (Fsp3) is 0.824. The monoisotopic (exact) mass is 280 g/mol. The molecular weight excluding hydrogens is 248 g/mol. The molecule has 0 unspecified atom stereocenters. The largest absolute Gasteiger partial charge is 0.325 e. The fourth-order valence-corrected chi connectivity index (χ4v) is 2.69. The quantitative estimate of drug-likeness (QED) is 0.687. The number of urea groups is 1. The van der Waals surface area contributed by atoms with E-state index in [1.165, 1.54) is 32.1 Å². The summed E-state index contributed by atoms with van der Waals surface area (Å²) in [5.74, 6) is 0.670. The van der Waals surface area contributed by atoms with Crippen LogP contribution in [0.2, 0.25) is 0 Å². The summed E-state index contributed by atoms with van der Waals surface area (Å²) in [5.41, 5.74) is 0. The maximum atomic E-state index is 12.2. The third-order valence-corrected chi connectivity index (χ3v) is 4.08. The van der Waals surface area contributed by atoms with Gasteiger partial charge in [-0.1, -0.05) is 52.0 Å². The zero-order chi connectivity index (χ0) is 14.6. The summed E-state index contributed by atoms with van der Waals surface area (Å²) in [5, 5.41) is 2.95. The second kappa shape index (κ2) is 10.8. The predicted molar refractivity (Wildman–Crippen MR) is 85.6 cm³/mol. The topological polar surface area (TPSA) is 32.3 Å². The highest BCUT2D eigenvalue weighted by Crippen LogP contribution is 2.24. The molecule has 1 fully saturated rings. The number of unbranched alkanes of at least 4 members (excludes halogenated alkanes) is 2. The van der Waals surface area contributed by atoms with E-state index in [0.29, 0.717) is 5.92 Å². The molecule has 0 heterocycles. The zero-order valence-corrected chi connectivity index (χ0v) is 13.4. The normalized spacial score (nSPS) is 16.5. The maximum absolute atomic E-state index is 12.2. The van der Waals surface area contributed by atoms with Crippen LogP contribution in [0, 0.1) is 5.92 Å². The lowest BCUT2D eigenvalue weighted by molar-refractivity contribution is 0.199. The highest BCUT2D eigenvalue weighted by Gasteiger charge is 2.12. The van der Waals surface area contributed by atoms with E-state index < -0.39 is 0 Å². The average molecular weight is 280 g/mol. The Labute approximate surface area is 124 Å². The van der Waals surface area contributed by atoms with Gasteiger partial charge >= 0.3 is 6.03 Å². The first-order valence-corrected chi connectivity index (χ1v) is 8.50. The van der Waals surface area contributed by atoms with Gasteiger partial charge in [-0.3, -0.25) is 0 Å². The van der Waals surface area contributed by atoms with Gasteiger partial charge in [0.25, 0.3) is 0 Å². The van der Waals surface area contributed by atoms with E-state index in [0.717, 1.165) is 38.8 Å². The summed E-state index contributed by atoms with van der Waals surface area (Å²) in [6.07, 6.45) is 15.1. The van der Waals surface area contributed by atoms with Crippen molar-refractivity contribution in [3.8, 4) is 0 Å². The third kappa shape index (κ3) is 6.97. The van der Waals surface area contributed by atoms with E-state index in [9.17, 15) is 4.79 Å². The van der Waals surface area contributed by atoms with Gasteiger partial charge in [0.05, 0.1) is 0 Å². The van der Waals surface area contributed by atoms with E-state index in [1.54, 1.807) is 0 Å². The van der Waals surface area contributed by atoms with Gasteiger partial charge in [-0.25, -0.2) is 4.79 Å². The Bertz CT molecular complexity index is 275. The second-order valence-electron chi connectivity index (χ2n) is 5.90. The lowest BCUT2D eigenvalue weighted by atomic mass is 9.89. The summed E-state index contributed by atoms with van der Waals surface area (Å²) in [6.45, 7) is 6.08. The van der Waals surface area contributed by atoms with Crippen LogP contribution in [0.25, 0.3) is 0 Å². The van der Waals surface area contributed by atoms with Gasteiger partial charge in [-0.2, -0.15) is 0 Å². The van der Waals surface area contributed by atoms with Crippen LogP contribution in [0.3, 0.4) is 0 Å². The average Bonchev–Trinajstić information content (AvgIpc) is 2.48. The molecule has 0 aromatic carbocycles. The lowest BCUT2D eigenvalue weighted by Crippen LogP contribution is -2.39. The van der Waals surface area contributed by atoms with E-state index in [2.05, 4.69) is 25.2 Å². The van der Waals surface area contributed by atoms with Crippen LogP contribution in [0.5, 0.6) is 0 Å². The summed E-state index contributed by atoms with van der Waals surface area (Å²) in [6, 6.07) is 0.0685. The van der Waals surface area contributed by atoms with Crippen molar-refractivity contribution in [2.24, 2.45) is 5.92 Å². The number of amides is 2. The van der Waals surface area contributed by atoms with Crippen LogP contribution in [0.1, 0.15) is 71.6 Å². The first kappa shape index (κ1) is 17.1. The number of allylic oxidation sites excluding steroid dienone is 1. The van der Waals surface area contributed by atoms with Crippen LogP contribution in [-0.4, -0.2) is 24.0 Å². The summed E-state index contributed by atoms with van der Waals surface area (Å²) in [7, 11) is 0. The Balaban J connectivity index is 2.33. The van der Waals surface area contributed by atoms with Crippen molar-refractivity contribution in [1.82, 2.24) is 10.2 Å². The van der Waals surface area contributed by atoms with Crippen molar-refractivity contribution in [2.75, 3.05) is 13.1 Å². The van der Waals surface area contributed by atoms with E-state index >= 15 is 0 Å². The lowest BCUT2D eigenvalue weighted by Gasteiger charge is -2.22. The standard InChI is InChI=1S/C17H32N2O/c1-3-5-14-19(15-6-4-2)17(20)18-13-12-16-10-8-7-9-11-16/h12-13,16H,3-11,14-15H2,1-2H3,(H,18,20)/b13-12+. The molecule has 0 aromatic heterocycles. The first-order valence-electron chi connectivity index (χ1n) is 8.50. The second-order valence-corrected chi connectivity index (χ2v) is 5.90. The SMILES string of the molecule is CCCCN(CCCC)C(=O)N/C=C/C1CCCCC1. The van der Waals surface area contributed by atoms with Crippen molar-refractivity contribution in [3.05, 3.63) is 12.3 Å². The van der Waals surface area contributed by atoms with E-state index in [1.807, 2.05) is 11.1 Å². The minimum absolute atomic E-state index is 0.0685. The Morgan fingerprint density at radius 1 is 1.10 bits per heavy atom. The van der Waals surface area contributed by atoms with Crippen LogP contribution >= 0.6 is 0 Å². The van der Waals surface area contributed by atoms with Gasteiger partial charge in [-0.05, 0) is 31.6 Å². The summed E-state index contributed by atoms with van der Waals surface area (Å²) < 4.78 is 0. The van der Waals surface area contributed by atoms with E-state index in [-0.39, 0.29) is 6.03 Å². The van der Waals surface area contributed by atoms with Crippen LogP contribution < -0.4 is 5.32 Å². The molecule has 0 aliphatic heterocycles. The van der Waals surface area contributed by atoms with Gasteiger partial charge in [0.15, 0.2) is 0 Å². The van der Waals surface area contributed by atoms with Crippen LogP contribution in [-0.2, 0) is 0 Å². The summed E-state index contributed by atoms with van der Waals surface area (Å²) >= 11 is 0. The molecule has 0 atom stereocenters. The van der Waals surface area contributed by atoms with Gasteiger partial charge in [-0.15, -0.1) is 0 Å². The third-order valence-electron chi connectivity index (χ3n) is 4.08. The predicted octanol–water partition coefficient (Wildman–Crippen LogP) is 4.69. The molecule has 1 aliphatic rings. The van der Waals surface area contributed by atoms with Crippen LogP contribution in [0.4, 0.5) is 4.79 Å². The number of rotatable bonds is 8. The molecule has 1 rings (SSSR count). The van der Waals surface area contributed by atoms with Crippen molar-refractivity contribution in [2.45, 2.75) is 71.6 Å². The van der Waals surface area contributed by atoms with Crippen molar-refractivity contribution >= 4 is 6.03 Å². The smallest absolute Gasteiger partial charge is 0.321 e. The highest BCUT2D eigenvalue weighted by molar-refractivity contribution is 5.75. The number of hydrogen-bond donors (Lipinski definition) is 1. The van der Waals surface area contributed by atoms with Gasteiger partial charge < -0.3 is 10.2 Å². The Kier molecular flexibility index (Phi) is 9.18. The van der Waals surface area contributed by atoms with Gasteiger partial charge in [0, 0.05) is 19.3 Å². The van der Waals surface area contributed by atoms with E-state index in [4.69, 9.17) is 0 Å². The Morgan fingerprint density at radius 2 is 1.70 bits per heavy atom. The molecule has 0 radical (unpaired) electrons. The number of hydrogen-bond acceptors (Lipinski definition) is 1. The molecule has 20 heavy (non-hydrogen) atoms. The minimum Gasteiger partial charge on any atom is -0.325 e. The Hall–Kier alpha value is -0.990. The maximum Gasteiger partial charge on any atom is 0.321 e. The zero-order valence-electron chi connectivity index (χ0n) is 13.4.